The second-order valence-electron chi connectivity index (χ2n) is 4.02. The largest absolute Gasteiger partial charge is 0.477 e. The van der Waals surface area contributed by atoms with Crippen molar-refractivity contribution in [1.82, 2.24) is 9.29 Å². The fourth-order valence-corrected chi connectivity index (χ4v) is 2.83. The fraction of sp³-hybridized carbons (Fsp3) is 0.455. The molecule has 2 N–H and O–H groups in total. The Morgan fingerprint density at radius 1 is 1.50 bits per heavy atom. The fourth-order valence-electron chi connectivity index (χ4n) is 1.60. The SMILES string of the molecule is CCn1cc(S(=O)(=O)NC(C)C(=O)OC)cc1C(=O)O. The van der Waals surface area contributed by atoms with E-state index in [0.29, 0.717) is 6.54 Å². The highest BCUT2D eigenvalue weighted by Crippen LogP contribution is 2.15. The average Bonchev–Trinajstić information content (AvgIpc) is 2.82. The Labute approximate surface area is 116 Å². The van der Waals surface area contributed by atoms with Gasteiger partial charge in [-0.1, -0.05) is 0 Å². The molecule has 8 nitrogen and oxygen atoms in total. The van der Waals surface area contributed by atoms with Crippen molar-refractivity contribution < 1.29 is 27.9 Å². The molecule has 0 aliphatic rings. The molecule has 0 fully saturated rings. The van der Waals surface area contributed by atoms with Crippen LogP contribution in [0.5, 0.6) is 0 Å². The van der Waals surface area contributed by atoms with Crippen LogP contribution in [0.1, 0.15) is 24.3 Å². The summed E-state index contributed by atoms with van der Waals surface area (Å²) in [5.74, 6) is -1.96. The standard InChI is InChI=1S/C11H16N2O6S/c1-4-13-6-8(5-9(13)10(14)15)20(17,18)12-7(2)11(16)19-3/h5-7,12H,4H2,1-3H3,(H,14,15). The molecule has 0 amide bonds. The van der Waals surface area contributed by atoms with Crippen molar-refractivity contribution in [3.8, 4) is 0 Å². The maximum Gasteiger partial charge on any atom is 0.352 e. The highest BCUT2D eigenvalue weighted by Gasteiger charge is 2.25. The number of sulfonamides is 1. The first-order valence-electron chi connectivity index (χ1n) is 5.76. The number of hydrogen-bond acceptors (Lipinski definition) is 5. The third-order valence-electron chi connectivity index (χ3n) is 2.63. The van der Waals surface area contributed by atoms with Crippen molar-refractivity contribution in [1.29, 1.82) is 0 Å². The van der Waals surface area contributed by atoms with Gasteiger partial charge in [-0.3, -0.25) is 4.79 Å². The number of aromatic carboxylic acids is 1. The van der Waals surface area contributed by atoms with Crippen molar-refractivity contribution in [3.05, 3.63) is 18.0 Å². The van der Waals surface area contributed by atoms with Crippen molar-refractivity contribution in [3.63, 3.8) is 0 Å². The van der Waals surface area contributed by atoms with Crippen LogP contribution >= 0.6 is 0 Å². The molecule has 1 atom stereocenters. The van der Waals surface area contributed by atoms with Crippen LogP contribution in [0.4, 0.5) is 0 Å². The number of aromatic nitrogens is 1. The summed E-state index contributed by atoms with van der Waals surface area (Å²) in [6.07, 6.45) is 1.20. The molecule has 0 aliphatic carbocycles. The molecule has 1 rings (SSSR count). The van der Waals surface area contributed by atoms with E-state index < -0.39 is 28.0 Å². The molecular weight excluding hydrogens is 288 g/mol. The minimum atomic E-state index is -3.99. The van der Waals surface area contributed by atoms with E-state index in [-0.39, 0.29) is 10.6 Å². The van der Waals surface area contributed by atoms with E-state index in [1.165, 1.54) is 17.7 Å². The lowest BCUT2D eigenvalue weighted by Gasteiger charge is -2.10. The predicted molar refractivity (Wildman–Crippen MR) is 68.9 cm³/mol. The van der Waals surface area contributed by atoms with E-state index in [9.17, 15) is 18.0 Å². The molecule has 1 unspecified atom stereocenters. The van der Waals surface area contributed by atoms with E-state index in [1.807, 2.05) is 0 Å². The van der Waals surface area contributed by atoms with Crippen molar-refractivity contribution in [2.75, 3.05) is 7.11 Å². The van der Waals surface area contributed by atoms with Crippen LogP contribution in [0.25, 0.3) is 0 Å². The van der Waals surface area contributed by atoms with Gasteiger partial charge in [-0.2, -0.15) is 4.72 Å². The van der Waals surface area contributed by atoms with Crippen LogP contribution in [0.15, 0.2) is 17.2 Å². The smallest absolute Gasteiger partial charge is 0.352 e. The Hall–Kier alpha value is -1.87. The maximum absolute atomic E-state index is 12.0. The molecule has 9 heteroatoms. The lowest BCUT2D eigenvalue weighted by Crippen LogP contribution is -2.38. The van der Waals surface area contributed by atoms with Gasteiger partial charge in [0.15, 0.2) is 0 Å². The second-order valence-corrected chi connectivity index (χ2v) is 5.73. The first-order valence-corrected chi connectivity index (χ1v) is 7.24. The van der Waals surface area contributed by atoms with E-state index in [1.54, 1.807) is 6.92 Å². The number of carbonyl (C=O) groups excluding carboxylic acids is 1. The first kappa shape index (κ1) is 16.2. The lowest BCUT2D eigenvalue weighted by atomic mass is 10.4. The number of hydrogen-bond donors (Lipinski definition) is 2. The Kier molecular flexibility index (Phi) is 4.90. The van der Waals surface area contributed by atoms with Crippen LogP contribution in [0.3, 0.4) is 0 Å². The van der Waals surface area contributed by atoms with Crippen LogP contribution < -0.4 is 4.72 Å². The molecule has 0 saturated carbocycles. The normalized spacial score (nSPS) is 12.9. The Bertz CT molecular complexity index is 619. The Balaban J connectivity index is 3.10. The molecule has 1 aromatic heterocycles. The van der Waals surface area contributed by atoms with Gasteiger partial charge in [-0.05, 0) is 19.9 Å². The van der Waals surface area contributed by atoms with E-state index in [2.05, 4.69) is 9.46 Å². The molecule has 0 radical (unpaired) electrons. The third kappa shape index (κ3) is 3.36. The molecule has 0 bridgehead atoms. The highest BCUT2D eigenvalue weighted by molar-refractivity contribution is 7.89. The summed E-state index contributed by atoms with van der Waals surface area (Å²) in [5, 5.41) is 8.97. The van der Waals surface area contributed by atoms with Crippen molar-refractivity contribution >= 4 is 22.0 Å². The molecular formula is C11H16N2O6S. The van der Waals surface area contributed by atoms with Crippen LogP contribution in [0, 0.1) is 0 Å². The molecule has 1 heterocycles. The summed E-state index contributed by atoms with van der Waals surface area (Å²) in [4.78, 5) is 22.0. The van der Waals surface area contributed by atoms with Crippen LogP contribution in [-0.4, -0.2) is 43.2 Å². The number of esters is 1. The quantitative estimate of drug-likeness (QED) is 0.717. The highest BCUT2D eigenvalue weighted by atomic mass is 32.2. The van der Waals surface area contributed by atoms with Crippen molar-refractivity contribution in [2.45, 2.75) is 31.3 Å². The maximum atomic E-state index is 12.0. The average molecular weight is 304 g/mol. The molecule has 0 spiro atoms. The number of nitrogens with one attached hydrogen (secondary N) is 1. The summed E-state index contributed by atoms with van der Waals surface area (Å²) >= 11 is 0. The number of carbonyl (C=O) groups is 2. The van der Waals surface area contributed by atoms with Gasteiger partial charge in [0, 0.05) is 12.7 Å². The Morgan fingerprint density at radius 3 is 2.50 bits per heavy atom. The topological polar surface area (TPSA) is 115 Å². The first-order chi connectivity index (χ1) is 9.22. The predicted octanol–water partition coefficient (Wildman–Crippen LogP) is 0.0460. The minimum absolute atomic E-state index is 0.140. The molecule has 112 valence electrons. The van der Waals surface area contributed by atoms with Gasteiger partial charge in [0.2, 0.25) is 10.0 Å². The van der Waals surface area contributed by atoms with Gasteiger partial charge >= 0.3 is 11.9 Å². The minimum Gasteiger partial charge on any atom is -0.477 e. The van der Waals surface area contributed by atoms with Crippen LogP contribution in [0.2, 0.25) is 0 Å². The van der Waals surface area contributed by atoms with Gasteiger partial charge in [-0.15, -0.1) is 0 Å². The number of ether oxygens (including phenoxy) is 1. The zero-order chi connectivity index (χ0) is 15.5. The number of carboxylic acid groups (broad SMARTS) is 1. The number of methoxy groups -OCH3 is 1. The summed E-state index contributed by atoms with van der Waals surface area (Å²) in [5.41, 5.74) is -0.140. The van der Waals surface area contributed by atoms with Gasteiger partial charge in [0.05, 0.1) is 7.11 Å². The summed E-state index contributed by atoms with van der Waals surface area (Å²) < 4.78 is 31.9. The van der Waals surface area contributed by atoms with Crippen LogP contribution in [-0.2, 0) is 26.1 Å². The van der Waals surface area contributed by atoms with Gasteiger partial charge in [0.25, 0.3) is 0 Å². The molecule has 20 heavy (non-hydrogen) atoms. The van der Waals surface area contributed by atoms with Gasteiger partial charge < -0.3 is 14.4 Å². The number of carboxylic acids is 1. The van der Waals surface area contributed by atoms with Gasteiger partial charge in [-0.25, -0.2) is 13.2 Å². The molecule has 0 aromatic carbocycles. The summed E-state index contributed by atoms with van der Waals surface area (Å²) in [7, 11) is -2.85. The van der Waals surface area contributed by atoms with E-state index >= 15 is 0 Å². The monoisotopic (exact) mass is 304 g/mol. The lowest BCUT2D eigenvalue weighted by molar-refractivity contribution is -0.142. The number of nitrogens with zero attached hydrogens (tertiary/aromatic N) is 1. The molecule has 0 aliphatic heterocycles. The molecule has 1 aromatic rings. The van der Waals surface area contributed by atoms with Crippen molar-refractivity contribution in [2.24, 2.45) is 0 Å². The molecule has 0 saturated heterocycles. The zero-order valence-corrected chi connectivity index (χ0v) is 12.1. The number of aryl methyl sites for hydroxylation is 1. The summed E-state index contributed by atoms with van der Waals surface area (Å²) in [6.45, 7) is 3.33. The van der Waals surface area contributed by atoms with E-state index in [0.717, 1.165) is 13.2 Å². The van der Waals surface area contributed by atoms with E-state index in [4.69, 9.17) is 5.11 Å². The Morgan fingerprint density at radius 2 is 2.10 bits per heavy atom. The zero-order valence-electron chi connectivity index (χ0n) is 11.3. The number of rotatable bonds is 6. The van der Waals surface area contributed by atoms with Gasteiger partial charge in [0.1, 0.15) is 16.6 Å². The summed E-state index contributed by atoms with van der Waals surface area (Å²) in [6, 6.07) is -0.0266. The second kappa shape index (κ2) is 6.06. The third-order valence-corrected chi connectivity index (χ3v) is 4.14.